The van der Waals surface area contributed by atoms with E-state index in [9.17, 15) is 0 Å². The molecule has 0 bridgehead atoms. The molecule has 0 aliphatic carbocycles. The summed E-state index contributed by atoms with van der Waals surface area (Å²) in [6.45, 7) is 2.79. The van der Waals surface area contributed by atoms with Crippen molar-refractivity contribution in [1.29, 1.82) is 0 Å². The van der Waals surface area contributed by atoms with Crippen LogP contribution in [0.15, 0.2) is 17.4 Å². The predicted molar refractivity (Wildman–Crippen MR) is 44.5 cm³/mol. The Hall–Kier alpha value is -0.700. The summed E-state index contributed by atoms with van der Waals surface area (Å²) in [5.41, 5.74) is 5.28. The summed E-state index contributed by atoms with van der Waals surface area (Å²) >= 11 is 0. The third kappa shape index (κ3) is 3.28. The van der Waals surface area contributed by atoms with Gasteiger partial charge >= 0.3 is 0 Å². The first-order chi connectivity index (χ1) is 5.43. The van der Waals surface area contributed by atoms with Crippen LogP contribution in [0.3, 0.4) is 0 Å². The van der Waals surface area contributed by atoms with Crippen LogP contribution in [0.25, 0.3) is 0 Å². The quantitative estimate of drug-likeness (QED) is 0.595. The smallest absolute Gasteiger partial charge is 0.168 e. The molecule has 1 aliphatic rings. The highest BCUT2D eigenvalue weighted by Gasteiger charge is 2.10. The largest absolute Gasteiger partial charge is 0.327 e. The first kappa shape index (κ1) is 8.40. The molecule has 1 fully saturated rings. The Morgan fingerprint density at radius 1 is 1.27 bits per heavy atom. The summed E-state index contributed by atoms with van der Waals surface area (Å²) in [5, 5.41) is 4.25. The van der Waals surface area contributed by atoms with Crippen molar-refractivity contribution in [3.63, 3.8) is 0 Å². The van der Waals surface area contributed by atoms with Gasteiger partial charge in [0, 0.05) is 19.4 Å². The lowest BCUT2D eigenvalue weighted by Gasteiger charge is -2.04. The van der Waals surface area contributed by atoms with Gasteiger partial charge in [-0.3, -0.25) is 0 Å². The van der Waals surface area contributed by atoms with Crippen LogP contribution in [0.2, 0.25) is 0 Å². The van der Waals surface area contributed by atoms with Crippen molar-refractivity contribution in [1.82, 2.24) is 0 Å². The van der Waals surface area contributed by atoms with Crippen LogP contribution in [0.1, 0.15) is 19.3 Å². The fourth-order valence-electron chi connectivity index (χ4n) is 1.19. The molecule has 0 aromatic carbocycles. The van der Waals surface area contributed by atoms with Crippen LogP contribution in [0.4, 0.5) is 0 Å². The van der Waals surface area contributed by atoms with Crippen molar-refractivity contribution in [2.75, 3.05) is 19.6 Å². The molecule has 1 rings (SSSR count). The molecule has 0 radical (unpaired) electrons. The number of hydrogen-bond acceptors (Lipinski definition) is 2. The molecule has 2 N–H and O–H groups in total. The van der Waals surface area contributed by atoms with Crippen LogP contribution in [-0.4, -0.2) is 24.3 Å². The van der Waals surface area contributed by atoms with Gasteiger partial charge in [0.05, 0.1) is 6.20 Å². The number of nitrogens with zero attached hydrogens (tertiary/aromatic N) is 2. The number of azo groups is 2. The fourth-order valence-corrected chi connectivity index (χ4v) is 1.19. The molecule has 0 saturated carbocycles. The lowest BCUT2D eigenvalue weighted by molar-refractivity contribution is -0.598. The molecule has 11 heavy (non-hydrogen) atoms. The molecule has 3 nitrogen and oxygen atoms in total. The zero-order valence-corrected chi connectivity index (χ0v) is 6.87. The van der Waals surface area contributed by atoms with Crippen LogP contribution < -0.4 is 5.73 Å². The van der Waals surface area contributed by atoms with Crippen molar-refractivity contribution < 1.29 is 4.70 Å². The highest BCUT2D eigenvalue weighted by atomic mass is 15.3. The Morgan fingerprint density at radius 3 is 2.64 bits per heavy atom. The first-order valence-electron chi connectivity index (χ1n) is 4.24. The number of piperidine rings is 1. The zero-order valence-electron chi connectivity index (χ0n) is 6.87. The normalized spacial score (nSPS) is 19.2. The minimum atomic E-state index is 0.581. The maximum Gasteiger partial charge on any atom is 0.168 e. The molecule has 1 heterocycles. The summed E-state index contributed by atoms with van der Waals surface area (Å²) in [6, 6.07) is 0. The highest BCUT2D eigenvalue weighted by molar-refractivity contribution is 4.77. The molecule has 0 atom stereocenters. The zero-order chi connectivity index (χ0) is 7.94. The van der Waals surface area contributed by atoms with E-state index in [1.54, 1.807) is 6.20 Å². The Labute approximate surface area is 67.6 Å². The first-order valence-corrected chi connectivity index (χ1v) is 4.24. The third-order valence-corrected chi connectivity index (χ3v) is 1.80. The minimum Gasteiger partial charge on any atom is -0.327 e. The molecule has 1 saturated heterocycles. The Morgan fingerprint density at radius 2 is 2.00 bits per heavy atom. The molecule has 0 spiro atoms. The topological polar surface area (TPSA) is 41.4 Å². The van der Waals surface area contributed by atoms with Gasteiger partial charge in [-0.05, 0) is 17.6 Å². The molecule has 0 amide bonds. The van der Waals surface area contributed by atoms with Crippen molar-refractivity contribution in [2.45, 2.75) is 19.3 Å². The van der Waals surface area contributed by atoms with Gasteiger partial charge in [-0.15, -0.1) is 4.70 Å². The third-order valence-electron chi connectivity index (χ3n) is 1.80. The molecule has 3 heteroatoms. The van der Waals surface area contributed by atoms with Crippen LogP contribution >= 0.6 is 0 Å². The summed E-state index contributed by atoms with van der Waals surface area (Å²) in [6.07, 6.45) is 7.58. The van der Waals surface area contributed by atoms with E-state index in [0.29, 0.717) is 6.54 Å². The minimum absolute atomic E-state index is 0.581. The van der Waals surface area contributed by atoms with Crippen LogP contribution in [-0.2, 0) is 0 Å². The SMILES string of the molecule is NC/C=C/N=[N+]1CCCCC1. The van der Waals surface area contributed by atoms with E-state index in [2.05, 4.69) is 9.81 Å². The highest BCUT2D eigenvalue weighted by Crippen LogP contribution is 2.04. The van der Waals surface area contributed by atoms with Gasteiger partial charge in [0.1, 0.15) is 0 Å². The van der Waals surface area contributed by atoms with E-state index >= 15 is 0 Å². The maximum absolute atomic E-state index is 5.28. The van der Waals surface area contributed by atoms with Gasteiger partial charge in [-0.2, -0.15) is 0 Å². The molecular weight excluding hydrogens is 138 g/mol. The van der Waals surface area contributed by atoms with E-state index < -0.39 is 0 Å². The van der Waals surface area contributed by atoms with Gasteiger partial charge in [-0.1, -0.05) is 0 Å². The Balaban J connectivity index is 2.31. The summed E-state index contributed by atoms with van der Waals surface area (Å²) in [5.74, 6) is 0. The molecule has 0 unspecified atom stereocenters. The molecule has 0 aromatic rings. The molecular formula is C8H16N3+. The Bertz CT molecular complexity index is 153. The van der Waals surface area contributed by atoms with Gasteiger partial charge in [0.2, 0.25) is 0 Å². The summed E-state index contributed by atoms with van der Waals surface area (Å²) in [7, 11) is 0. The van der Waals surface area contributed by atoms with Gasteiger partial charge in [-0.25, -0.2) is 0 Å². The maximum atomic E-state index is 5.28. The molecule has 0 aromatic heterocycles. The average molecular weight is 154 g/mol. The van der Waals surface area contributed by atoms with Crippen molar-refractivity contribution in [3.8, 4) is 0 Å². The van der Waals surface area contributed by atoms with E-state index in [-0.39, 0.29) is 0 Å². The van der Waals surface area contributed by atoms with Crippen LogP contribution in [0, 0.1) is 0 Å². The van der Waals surface area contributed by atoms with Crippen LogP contribution in [0.5, 0.6) is 0 Å². The second kappa shape index (κ2) is 5.02. The monoisotopic (exact) mass is 154 g/mol. The lowest BCUT2D eigenvalue weighted by Crippen LogP contribution is -2.17. The van der Waals surface area contributed by atoms with E-state index in [1.807, 2.05) is 6.08 Å². The van der Waals surface area contributed by atoms with E-state index in [4.69, 9.17) is 5.73 Å². The van der Waals surface area contributed by atoms with Crippen molar-refractivity contribution in [2.24, 2.45) is 10.8 Å². The summed E-state index contributed by atoms with van der Waals surface area (Å²) < 4.78 is 2.11. The standard InChI is InChI=1S/C8H16N3/c9-5-4-6-10-11-7-2-1-3-8-11/h4,6H,1-3,5,7-9H2/q+1/b6-4+. The number of nitrogens with two attached hydrogens (primary N) is 1. The molecule has 1 aliphatic heterocycles. The average Bonchev–Trinajstić information content (AvgIpc) is 2.07. The number of rotatable bonds is 2. The van der Waals surface area contributed by atoms with E-state index in [0.717, 1.165) is 13.1 Å². The predicted octanol–water partition coefficient (Wildman–Crippen LogP) is 1.11. The van der Waals surface area contributed by atoms with Crippen molar-refractivity contribution in [3.05, 3.63) is 12.3 Å². The van der Waals surface area contributed by atoms with Crippen molar-refractivity contribution >= 4 is 0 Å². The lowest BCUT2D eigenvalue weighted by atomic mass is 10.2. The molecule has 62 valence electrons. The van der Waals surface area contributed by atoms with E-state index in [1.165, 1.54) is 19.3 Å². The second-order valence-electron chi connectivity index (χ2n) is 2.75. The van der Waals surface area contributed by atoms with Gasteiger partial charge in [0.15, 0.2) is 13.1 Å². The fraction of sp³-hybridized carbons (Fsp3) is 0.750. The summed E-state index contributed by atoms with van der Waals surface area (Å²) in [4.78, 5) is 0. The van der Waals surface area contributed by atoms with Gasteiger partial charge < -0.3 is 5.73 Å². The Kier molecular flexibility index (Phi) is 3.83. The second-order valence-corrected chi connectivity index (χ2v) is 2.75. The number of hydrogen-bond donors (Lipinski definition) is 1. The van der Waals surface area contributed by atoms with Gasteiger partial charge in [0.25, 0.3) is 0 Å².